The molecule has 0 aromatic rings. The number of carbonyl (C=O) groups excluding carboxylic acids is 1. The third-order valence-electron chi connectivity index (χ3n) is 4.39. The minimum Gasteiger partial charge on any atom is -0.368 e. The molecule has 0 saturated carbocycles. The van der Waals surface area contributed by atoms with Crippen molar-refractivity contribution in [3.8, 4) is 0 Å². The van der Waals surface area contributed by atoms with Crippen LogP contribution in [0.1, 0.15) is 34.1 Å². The van der Waals surface area contributed by atoms with Crippen LogP contribution in [-0.2, 0) is 4.79 Å². The van der Waals surface area contributed by atoms with Gasteiger partial charge in [-0.2, -0.15) is 0 Å². The lowest BCUT2D eigenvalue weighted by Gasteiger charge is -2.31. The van der Waals surface area contributed by atoms with Crippen molar-refractivity contribution in [2.24, 2.45) is 11.7 Å². The first-order valence-corrected chi connectivity index (χ1v) is 7.62. The van der Waals surface area contributed by atoms with E-state index in [9.17, 15) is 4.79 Å². The number of hydrogen-bond acceptors (Lipinski definition) is 4. The van der Waals surface area contributed by atoms with Gasteiger partial charge in [0, 0.05) is 31.7 Å². The molecule has 1 amide bonds. The monoisotopic (exact) mass is 284 g/mol. The van der Waals surface area contributed by atoms with Crippen molar-refractivity contribution in [2.45, 2.75) is 51.7 Å². The van der Waals surface area contributed by atoms with Gasteiger partial charge in [-0.05, 0) is 47.2 Å². The molecule has 1 fully saturated rings. The molecule has 0 spiro atoms. The van der Waals surface area contributed by atoms with E-state index in [1.165, 1.54) is 0 Å². The summed E-state index contributed by atoms with van der Waals surface area (Å²) in [5.74, 6) is 0.408. The zero-order valence-electron chi connectivity index (χ0n) is 13.9. The fraction of sp³-hybridized carbons (Fsp3) is 0.933. The highest BCUT2D eigenvalue weighted by atomic mass is 16.1. The molecule has 0 radical (unpaired) electrons. The maximum absolute atomic E-state index is 11.7. The summed E-state index contributed by atoms with van der Waals surface area (Å²) < 4.78 is 0. The number of amides is 1. The smallest absolute Gasteiger partial charge is 0.237 e. The first-order valence-electron chi connectivity index (χ1n) is 7.62. The van der Waals surface area contributed by atoms with Crippen LogP contribution in [-0.4, -0.2) is 67.1 Å². The number of primary amides is 1. The van der Waals surface area contributed by atoms with Crippen LogP contribution in [0.5, 0.6) is 0 Å². The van der Waals surface area contributed by atoms with E-state index in [0.717, 1.165) is 26.1 Å². The second kappa shape index (κ2) is 6.87. The molecule has 1 saturated heterocycles. The lowest BCUT2D eigenvalue weighted by molar-refractivity contribution is -0.124. The molecule has 3 N–H and O–H groups in total. The van der Waals surface area contributed by atoms with Crippen LogP contribution in [0.15, 0.2) is 0 Å². The van der Waals surface area contributed by atoms with Crippen molar-refractivity contribution in [2.75, 3.05) is 33.7 Å². The van der Waals surface area contributed by atoms with Gasteiger partial charge in [-0.25, -0.2) is 0 Å². The molecule has 20 heavy (non-hydrogen) atoms. The van der Waals surface area contributed by atoms with Crippen LogP contribution in [0.3, 0.4) is 0 Å². The zero-order valence-corrected chi connectivity index (χ0v) is 13.9. The van der Waals surface area contributed by atoms with Gasteiger partial charge in [-0.15, -0.1) is 0 Å². The second-order valence-electron chi connectivity index (χ2n) is 7.01. The first kappa shape index (κ1) is 17.4. The molecular weight excluding hydrogens is 252 g/mol. The molecule has 0 bridgehead atoms. The Morgan fingerprint density at radius 2 is 2.05 bits per heavy atom. The van der Waals surface area contributed by atoms with Crippen LogP contribution in [0.25, 0.3) is 0 Å². The molecule has 5 nitrogen and oxygen atoms in total. The van der Waals surface area contributed by atoms with E-state index in [4.69, 9.17) is 5.73 Å². The van der Waals surface area contributed by atoms with Gasteiger partial charge < -0.3 is 20.9 Å². The number of nitrogens with one attached hydrogen (secondary N) is 1. The summed E-state index contributed by atoms with van der Waals surface area (Å²) >= 11 is 0. The van der Waals surface area contributed by atoms with Crippen molar-refractivity contribution in [1.82, 2.24) is 15.1 Å². The Bertz CT molecular complexity index is 332. The molecule has 1 aliphatic rings. The Balaban J connectivity index is 2.55. The van der Waals surface area contributed by atoms with Crippen LogP contribution < -0.4 is 11.1 Å². The molecule has 1 heterocycles. The number of nitrogens with two attached hydrogens (primary N) is 1. The predicted molar refractivity (Wildman–Crippen MR) is 83.6 cm³/mol. The number of hydrogen-bond donors (Lipinski definition) is 2. The van der Waals surface area contributed by atoms with E-state index in [0.29, 0.717) is 12.0 Å². The summed E-state index contributed by atoms with van der Waals surface area (Å²) in [7, 11) is 4.27. The molecule has 1 rings (SSSR count). The molecule has 1 aliphatic heterocycles. The molecule has 0 aromatic heterocycles. The fourth-order valence-electron chi connectivity index (χ4n) is 3.19. The number of carbonyl (C=O) groups is 1. The van der Waals surface area contributed by atoms with Gasteiger partial charge in [0.25, 0.3) is 0 Å². The summed E-state index contributed by atoms with van der Waals surface area (Å²) in [5, 5.41) is 3.31. The Kier molecular flexibility index (Phi) is 5.98. The molecule has 3 unspecified atom stereocenters. The van der Waals surface area contributed by atoms with Crippen molar-refractivity contribution in [3.05, 3.63) is 0 Å². The molecule has 0 aromatic carbocycles. The lowest BCUT2D eigenvalue weighted by Crippen LogP contribution is -2.56. The van der Waals surface area contributed by atoms with E-state index in [-0.39, 0.29) is 11.9 Å². The number of nitrogens with zero attached hydrogens (tertiary/aromatic N) is 2. The van der Waals surface area contributed by atoms with E-state index in [1.54, 1.807) is 0 Å². The van der Waals surface area contributed by atoms with Crippen molar-refractivity contribution in [1.29, 1.82) is 0 Å². The summed E-state index contributed by atoms with van der Waals surface area (Å²) in [5.41, 5.74) is 4.96. The summed E-state index contributed by atoms with van der Waals surface area (Å²) in [4.78, 5) is 16.5. The van der Waals surface area contributed by atoms with Gasteiger partial charge in [0.05, 0.1) is 5.54 Å². The SMILES string of the molecule is CC(C)NC(C)(CCN1CC(C)C(N(C)C)C1)C(N)=O. The fourth-order valence-corrected chi connectivity index (χ4v) is 3.19. The highest BCUT2D eigenvalue weighted by Gasteiger charge is 2.35. The maximum Gasteiger partial charge on any atom is 0.237 e. The van der Waals surface area contributed by atoms with Crippen LogP contribution >= 0.6 is 0 Å². The highest BCUT2D eigenvalue weighted by Crippen LogP contribution is 2.21. The number of rotatable bonds is 7. The largest absolute Gasteiger partial charge is 0.368 e. The highest BCUT2D eigenvalue weighted by molar-refractivity contribution is 5.84. The number of likely N-dealkylation sites (tertiary alicyclic amines) is 1. The quantitative estimate of drug-likeness (QED) is 0.715. The van der Waals surface area contributed by atoms with E-state index in [2.05, 4.69) is 36.1 Å². The molecule has 3 atom stereocenters. The van der Waals surface area contributed by atoms with E-state index in [1.807, 2.05) is 20.8 Å². The van der Waals surface area contributed by atoms with E-state index >= 15 is 0 Å². The Morgan fingerprint density at radius 1 is 1.45 bits per heavy atom. The standard InChI is InChI=1S/C15H32N4O/c1-11(2)17-15(4,14(16)20)7-8-19-9-12(3)13(10-19)18(5)6/h11-13,17H,7-10H2,1-6H3,(H2,16,20). The van der Waals surface area contributed by atoms with Gasteiger partial charge >= 0.3 is 0 Å². The average molecular weight is 284 g/mol. The molecule has 5 heteroatoms. The Hall–Kier alpha value is -0.650. The van der Waals surface area contributed by atoms with Crippen LogP contribution in [0.4, 0.5) is 0 Å². The molecular formula is C15H32N4O. The minimum atomic E-state index is -0.617. The van der Waals surface area contributed by atoms with E-state index < -0.39 is 5.54 Å². The average Bonchev–Trinajstić information content (AvgIpc) is 2.67. The topological polar surface area (TPSA) is 61.6 Å². The minimum absolute atomic E-state index is 0.250. The lowest BCUT2D eigenvalue weighted by atomic mass is 9.95. The van der Waals surface area contributed by atoms with Gasteiger partial charge in [0.2, 0.25) is 5.91 Å². The van der Waals surface area contributed by atoms with Gasteiger partial charge in [0.15, 0.2) is 0 Å². The second-order valence-corrected chi connectivity index (χ2v) is 7.01. The van der Waals surface area contributed by atoms with Crippen molar-refractivity contribution in [3.63, 3.8) is 0 Å². The predicted octanol–water partition coefficient (Wildman–Crippen LogP) is 0.500. The first-order chi connectivity index (χ1) is 9.15. The third-order valence-corrected chi connectivity index (χ3v) is 4.39. The summed E-state index contributed by atoms with van der Waals surface area (Å²) in [6.45, 7) is 11.4. The summed E-state index contributed by atoms with van der Waals surface area (Å²) in [6, 6.07) is 0.854. The van der Waals surface area contributed by atoms with Gasteiger partial charge in [0.1, 0.15) is 0 Å². The van der Waals surface area contributed by atoms with Gasteiger partial charge in [-0.1, -0.05) is 6.92 Å². The van der Waals surface area contributed by atoms with Crippen LogP contribution in [0.2, 0.25) is 0 Å². The van der Waals surface area contributed by atoms with Crippen molar-refractivity contribution >= 4 is 5.91 Å². The van der Waals surface area contributed by atoms with Crippen molar-refractivity contribution < 1.29 is 4.79 Å². The Morgan fingerprint density at radius 3 is 2.45 bits per heavy atom. The van der Waals surface area contributed by atoms with Gasteiger partial charge in [-0.3, -0.25) is 4.79 Å². The Labute approximate surface area is 123 Å². The molecule has 118 valence electrons. The normalized spacial score (nSPS) is 27.2. The zero-order chi connectivity index (χ0) is 15.5. The maximum atomic E-state index is 11.7. The summed E-state index contributed by atoms with van der Waals surface area (Å²) in [6.07, 6.45) is 0.757. The molecule has 0 aliphatic carbocycles. The number of likely N-dealkylation sites (N-methyl/N-ethyl adjacent to an activating group) is 1. The third kappa shape index (κ3) is 4.43. The van der Waals surface area contributed by atoms with Crippen LogP contribution in [0, 0.1) is 5.92 Å².